The third kappa shape index (κ3) is 4.83. The number of anilines is 1. The average Bonchev–Trinajstić information content (AvgIpc) is 3.42. The van der Waals surface area contributed by atoms with Crippen LogP contribution < -0.4 is 20.4 Å². The Morgan fingerprint density at radius 2 is 1.73 bits per heavy atom. The second-order valence-corrected chi connectivity index (χ2v) is 7.90. The summed E-state index contributed by atoms with van der Waals surface area (Å²) in [6, 6.07) is 6.47. The van der Waals surface area contributed by atoms with Crippen LogP contribution in [0.5, 0.6) is 0 Å². The van der Waals surface area contributed by atoms with Gasteiger partial charge < -0.3 is 20.4 Å². The van der Waals surface area contributed by atoms with E-state index < -0.39 is 0 Å². The molecule has 1 aliphatic carbocycles. The van der Waals surface area contributed by atoms with Crippen molar-refractivity contribution in [1.29, 1.82) is 0 Å². The first-order valence-electron chi connectivity index (χ1n) is 9.78. The first-order valence-corrected chi connectivity index (χ1v) is 9.78. The molecule has 0 spiro atoms. The largest absolute Gasteiger partial charge is 0.348 e. The highest BCUT2D eigenvalue weighted by Crippen LogP contribution is 2.19. The zero-order valence-corrected chi connectivity index (χ0v) is 16.2. The van der Waals surface area contributed by atoms with Crippen LogP contribution in [0.2, 0.25) is 0 Å². The number of piperazine rings is 1. The minimum Gasteiger partial charge on any atom is -0.348 e. The molecule has 6 nitrogen and oxygen atoms in total. The highest BCUT2D eigenvalue weighted by Gasteiger charge is 2.34. The molecule has 1 aliphatic heterocycles. The molecule has 0 aromatic heterocycles. The van der Waals surface area contributed by atoms with Crippen molar-refractivity contribution in [2.24, 2.45) is 0 Å². The van der Waals surface area contributed by atoms with Crippen LogP contribution in [-0.2, 0) is 9.59 Å². The van der Waals surface area contributed by atoms with E-state index in [2.05, 4.69) is 10.6 Å². The Morgan fingerprint density at radius 3 is 2.31 bits per heavy atom. The van der Waals surface area contributed by atoms with E-state index in [0.717, 1.165) is 55.8 Å². The Morgan fingerprint density at radius 1 is 1.12 bits per heavy atom. The summed E-state index contributed by atoms with van der Waals surface area (Å²) in [5, 5.41) is 6.18. The van der Waals surface area contributed by atoms with Crippen LogP contribution in [0.25, 0.3) is 0 Å². The third-order valence-electron chi connectivity index (χ3n) is 5.68. The number of hydrogen-bond donors (Lipinski definition) is 4. The standard InChI is InChI=1S/C20H30N4O2/c1-14-5-4-6-15(2)19(14)22-18(25)13-23-9-11-24(12-10-23)16(3)20(26)21-17-7-8-17/h4-6,16-17H,7-13H2,1-3H3,(H,21,26)(H,22,25)/p+2/t16-/m0/s1. The maximum absolute atomic E-state index is 12.4. The van der Waals surface area contributed by atoms with Crippen LogP contribution in [0, 0.1) is 13.8 Å². The summed E-state index contributed by atoms with van der Waals surface area (Å²) in [6.07, 6.45) is 2.25. The lowest BCUT2D eigenvalue weighted by Gasteiger charge is -2.32. The smallest absolute Gasteiger partial charge is 0.279 e. The molecule has 0 radical (unpaired) electrons. The molecule has 1 atom stereocenters. The quantitative estimate of drug-likeness (QED) is 0.509. The monoisotopic (exact) mass is 360 g/mol. The Labute approximate surface area is 155 Å². The Kier molecular flexibility index (Phi) is 5.94. The summed E-state index contributed by atoms with van der Waals surface area (Å²) in [5.74, 6) is 0.249. The van der Waals surface area contributed by atoms with Gasteiger partial charge in [-0.05, 0) is 44.7 Å². The molecule has 6 heteroatoms. The van der Waals surface area contributed by atoms with E-state index in [9.17, 15) is 9.59 Å². The highest BCUT2D eigenvalue weighted by molar-refractivity contribution is 5.93. The lowest BCUT2D eigenvalue weighted by Crippen LogP contribution is -3.30. The van der Waals surface area contributed by atoms with Gasteiger partial charge in [-0.3, -0.25) is 9.59 Å². The molecule has 2 fully saturated rings. The first-order chi connectivity index (χ1) is 12.4. The second kappa shape index (κ2) is 8.18. The average molecular weight is 361 g/mol. The SMILES string of the molecule is Cc1cccc(C)c1NC(=O)C[NH+]1CC[NH+]([C@@H](C)C(=O)NC2CC2)CC1. The van der Waals surface area contributed by atoms with Gasteiger partial charge >= 0.3 is 0 Å². The maximum Gasteiger partial charge on any atom is 0.279 e. The van der Waals surface area contributed by atoms with Crippen LogP contribution in [0.1, 0.15) is 30.9 Å². The molecule has 26 heavy (non-hydrogen) atoms. The van der Waals surface area contributed by atoms with Gasteiger partial charge in [-0.25, -0.2) is 0 Å². The zero-order valence-electron chi connectivity index (χ0n) is 16.2. The minimum absolute atomic E-state index is 0.000550. The normalized spacial score (nSPS) is 24.0. The van der Waals surface area contributed by atoms with Gasteiger partial charge in [-0.15, -0.1) is 0 Å². The molecule has 3 rings (SSSR count). The highest BCUT2D eigenvalue weighted by atomic mass is 16.2. The van der Waals surface area contributed by atoms with E-state index in [1.54, 1.807) is 0 Å². The summed E-state index contributed by atoms with van der Waals surface area (Å²) in [4.78, 5) is 27.3. The molecule has 1 aromatic rings. The molecule has 2 amide bonds. The fraction of sp³-hybridized carbons (Fsp3) is 0.600. The van der Waals surface area contributed by atoms with E-state index in [1.807, 2.05) is 39.0 Å². The number of benzene rings is 1. The van der Waals surface area contributed by atoms with Crippen molar-refractivity contribution in [3.8, 4) is 0 Å². The van der Waals surface area contributed by atoms with Gasteiger partial charge in [-0.2, -0.15) is 0 Å². The molecule has 0 bridgehead atoms. The Hall–Kier alpha value is -1.92. The summed E-state index contributed by atoms with van der Waals surface area (Å²) in [7, 11) is 0. The number of rotatable bonds is 6. The van der Waals surface area contributed by atoms with Crippen molar-refractivity contribution in [3.63, 3.8) is 0 Å². The molecule has 0 unspecified atom stereocenters. The van der Waals surface area contributed by atoms with Crippen LogP contribution in [0.4, 0.5) is 5.69 Å². The van der Waals surface area contributed by atoms with Crippen molar-refractivity contribution in [2.75, 3.05) is 38.0 Å². The second-order valence-electron chi connectivity index (χ2n) is 7.90. The van der Waals surface area contributed by atoms with Crippen molar-refractivity contribution in [2.45, 2.75) is 45.7 Å². The predicted octanol–water partition coefficient (Wildman–Crippen LogP) is -1.31. The van der Waals surface area contributed by atoms with Gasteiger partial charge in [0.25, 0.3) is 11.8 Å². The molecule has 142 valence electrons. The molecule has 1 aromatic carbocycles. The van der Waals surface area contributed by atoms with Crippen molar-refractivity contribution < 1.29 is 19.4 Å². The summed E-state index contributed by atoms with van der Waals surface area (Å²) >= 11 is 0. The molecular weight excluding hydrogens is 328 g/mol. The van der Waals surface area contributed by atoms with Gasteiger partial charge in [0.15, 0.2) is 12.6 Å². The van der Waals surface area contributed by atoms with E-state index in [-0.39, 0.29) is 17.9 Å². The summed E-state index contributed by atoms with van der Waals surface area (Å²) < 4.78 is 0. The number of nitrogens with one attached hydrogen (secondary N) is 4. The van der Waals surface area contributed by atoms with E-state index in [0.29, 0.717) is 12.6 Å². The van der Waals surface area contributed by atoms with Gasteiger partial charge in [0, 0.05) is 11.7 Å². The number of carbonyl (C=O) groups excluding carboxylic acids is 2. The van der Waals surface area contributed by atoms with E-state index >= 15 is 0 Å². The molecule has 4 N–H and O–H groups in total. The fourth-order valence-electron chi connectivity index (χ4n) is 3.70. The molecule has 1 saturated carbocycles. The van der Waals surface area contributed by atoms with Crippen molar-refractivity contribution in [3.05, 3.63) is 29.3 Å². The molecule has 1 saturated heterocycles. The number of para-hydroxylation sites is 1. The van der Waals surface area contributed by atoms with Gasteiger partial charge in [0.1, 0.15) is 26.2 Å². The zero-order chi connectivity index (χ0) is 18.7. The van der Waals surface area contributed by atoms with Crippen LogP contribution in [0.15, 0.2) is 18.2 Å². The van der Waals surface area contributed by atoms with Crippen LogP contribution in [0.3, 0.4) is 0 Å². The number of amides is 2. The lowest BCUT2D eigenvalue weighted by molar-refractivity contribution is -1.01. The molecular formula is C20H32N4O2+2. The number of carbonyl (C=O) groups is 2. The lowest BCUT2D eigenvalue weighted by atomic mass is 10.1. The first kappa shape index (κ1) is 18.9. The van der Waals surface area contributed by atoms with E-state index in [4.69, 9.17) is 0 Å². The minimum atomic E-state index is 0.000550. The Bertz CT molecular complexity index is 644. The summed E-state index contributed by atoms with van der Waals surface area (Å²) in [6.45, 7) is 10.3. The maximum atomic E-state index is 12.4. The fourth-order valence-corrected chi connectivity index (χ4v) is 3.70. The van der Waals surface area contributed by atoms with Crippen LogP contribution in [-0.4, -0.2) is 56.6 Å². The molecule has 2 aliphatic rings. The predicted molar refractivity (Wildman–Crippen MR) is 101 cm³/mol. The van der Waals surface area contributed by atoms with Crippen molar-refractivity contribution >= 4 is 17.5 Å². The van der Waals surface area contributed by atoms with Gasteiger partial charge in [0.05, 0.1) is 0 Å². The number of hydrogen-bond acceptors (Lipinski definition) is 2. The van der Waals surface area contributed by atoms with Gasteiger partial charge in [0.2, 0.25) is 0 Å². The van der Waals surface area contributed by atoms with Crippen molar-refractivity contribution in [1.82, 2.24) is 5.32 Å². The topological polar surface area (TPSA) is 67.1 Å². The van der Waals surface area contributed by atoms with E-state index in [1.165, 1.54) is 9.80 Å². The van der Waals surface area contributed by atoms with Gasteiger partial charge in [-0.1, -0.05) is 18.2 Å². The third-order valence-corrected chi connectivity index (χ3v) is 5.68. The molecule has 1 heterocycles. The number of aryl methyl sites for hydroxylation is 2. The van der Waals surface area contributed by atoms with Crippen LogP contribution >= 0.6 is 0 Å². The summed E-state index contributed by atoms with van der Waals surface area (Å²) in [5.41, 5.74) is 3.13. The number of quaternary nitrogens is 2. The Balaban J connectivity index is 1.44.